The minimum Gasteiger partial charge on any atom is -0.492 e. The van der Waals surface area contributed by atoms with Crippen LogP contribution in [0.5, 0.6) is 5.75 Å². The fourth-order valence-electron chi connectivity index (χ4n) is 4.60. The van der Waals surface area contributed by atoms with Crippen molar-refractivity contribution in [3.8, 4) is 5.75 Å². The highest BCUT2D eigenvalue weighted by Gasteiger charge is 2.38. The Morgan fingerprint density at radius 3 is 2.54 bits per heavy atom. The summed E-state index contributed by atoms with van der Waals surface area (Å²) < 4.78 is 84.6. The summed E-state index contributed by atoms with van der Waals surface area (Å²) in [4.78, 5) is 12.3. The van der Waals surface area contributed by atoms with E-state index in [4.69, 9.17) is 14.2 Å². The molecule has 1 fully saturated rings. The first-order chi connectivity index (χ1) is 17.6. The van der Waals surface area contributed by atoms with Gasteiger partial charge in [0.25, 0.3) is 10.0 Å². The summed E-state index contributed by atoms with van der Waals surface area (Å²) >= 11 is 0. The molecule has 2 aliphatic heterocycles. The van der Waals surface area contributed by atoms with Gasteiger partial charge in [0.1, 0.15) is 11.3 Å². The minimum atomic E-state index is -4.55. The Kier molecular flexibility index (Phi) is 7.84. The first kappa shape index (κ1) is 27.0. The smallest absolute Gasteiger partial charge is 0.416 e. The van der Waals surface area contributed by atoms with E-state index < -0.39 is 33.8 Å². The summed E-state index contributed by atoms with van der Waals surface area (Å²) in [6.45, 7) is 5.31. The highest BCUT2D eigenvalue weighted by atomic mass is 32.2. The summed E-state index contributed by atoms with van der Waals surface area (Å²) in [6, 6.07) is 6.22. The maximum absolute atomic E-state index is 13.8. The van der Waals surface area contributed by atoms with Crippen LogP contribution < -0.4 is 9.04 Å². The number of ether oxygens (including phenoxy) is 3. The Morgan fingerprint density at radius 2 is 1.89 bits per heavy atom. The highest BCUT2D eigenvalue weighted by molar-refractivity contribution is 7.92. The van der Waals surface area contributed by atoms with Gasteiger partial charge in [0.2, 0.25) is 0 Å². The molecule has 0 spiro atoms. The molecule has 0 amide bonds. The Bertz CT molecular complexity index is 1270. The standard InChI is InChI=1S/C26H28F3NO6S/c1-3-20-6-4-18-14-19(26(27,28)29)5-8-23(18)30(20)37(32,33)21-7-9-24(22(15-21)25(31)34-2)36-16-17-10-12-35-13-11-17/h3,5,7-9,14-15,17,20H,1,4,6,10-13,16H2,2H3/t20-/m0/s1. The molecule has 1 atom stereocenters. The molecule has 0 saturated carbocycles. The van der Waals surface area contributed by atoms with Crippen molar-refractivity contribution in [2.24, 2.45) is 5.92 Å². The van der Waals surface area contributed by atoms with Gasteiger partial charge < -0.3 is 14.2 Å². The molecule has 0 aliphatic carbocycles. The van der Waals surface area contributed by atoms with Gasteiger partial charge in [-0.2, -0.15) is 13.2 Å². The van der Waals surface area contributed by atoms with Crippen molar-refractivity contribution in [3.05, 3.63) is 65.7 Å². The second-order valence-electron chi connectivity index (χ2n) is 9.00. The third-order valence-electron chi connectivity index (χ3n) is 6.66. The van der Waals surface area contributed by atoms with Gasteiger partial charge in [0.15, 0.2) is 0 Å². The number of benzene rings is 2. The summed E-state index contributed by atoms with van der Waals surface area (Å²) in [5.41, 5.74) is -0.500. The van der Waals surface area contributed by atoms with Gasteiger partial charge in [-0.25, -0.2) is 13.2 Å². The van der Waals surface area contributed by atoms with Crippen LogP contribution in [0.25, 0.3) is 0 Å². The maximum atomic E-state index is 13.8. The molecule has 2 aromatic carbocycles. The van der Waals surface area contributed by atoms with Crippen molar-refractivity contribution in [2.75, 3.05) is 31.2 Å². The number of anilines is 1. The Labute approximate surface area is 213 Å². The lowest BCUT2D eigenvalue weighted by atomic mass is 9.96. The third-order valence-corrected chi connectivity index (χ3v) is 8.49. The van der Waals surface area contributed by atoms with Crippen LogP contribution in [-0.4, -0.2) is 47.4 Å². The number of esters is 1. The number of halogens is 3. The first-order valence-electron chi connectivity index (χ1n) is 11.9. The number of hydrogen-bond donors (Lipinski definition) is 0. The molecule has 0 radical (unpaired) electrons. The molecule has 2 aromatic rings. The Morgan fingerprint density at radius 1 is 1.16 bits per heavy atom. The number of aryl methyl sites for hydroxylation is 1. The van der Waals surface area contributed by atoms with Crippen molar-refractivity contribution in [1.82, 2.24) is 0 Å². The largest absolute Gasteiger partial charge is 0.492 e. The van der Waals surface area contributed by atoms with E-state index in [1.54, 1.807) is 0 Å². The molecule has 7 nitrogen and oxygen atoms in total. The molecule has 1 saturated heterocycles. The average Bonchev–Trinajstić information content (AvgIpc) is 2.90. The maximum Gasteiger partial charge on any atom is 0.416 e. The molecule has 0 bridgehead atoms. The topological polar surface area (TPSA) is 82.1 Å². The zero-order valence-electron chi connectivity index (χ0n) is 20.3. The van der Waals surface area contributed by atoms with E-state index in [2.05, 4.69) is 6.58 Å². The molecule has 4 rings (SSSR count). The molecule has 0 unspecified atom stereocenters. The van der Waals surface area contributed by atoms with Crippen molar-refractivity contribution in [2.45, 2.75) is 42.8 Å². The van der Waals surface area contributed by atoms with E-state index in [1.807, 2.05) is 0 Å². The van der Waals surface area contributed by atoms with Crippen LogP contribution in [0.3, 0.4) is 0 Å². The molecular formula is C26H28F3NO6S. The van der Waals surface area contributed by atoms with E-state index in [1.165, 1.54) is 31.4 Å². The molecule has 200 valence electrons. The van der Waals surface area contributed by atoms with Gasteiger partial charge in [-0.15, -0.1) is 6.58 Å². The van der Waals surface area contributed by atoms with E-state index in [-0.39, 0.29) is 46.2 Å². The minimum absolute atomic E-state index is 0.0598. The summed E-state index contributed by atoms with van der Waals surface area (Å²) in [5.74, 6) is -0.345. The summed E-state index contributed by atoms with van der Waals surface area (Å²) in [5, 5.41) is 0. The van der Waals surface area contributed by atoms with Gasteiger partial charge in [-0.05, 0) is 73.6 Å². The van der Waals surface area contributed by atoms with E-state index in [0.29, 0.717) is 19.8 Å². The van der Waals surface area contributed by atoms with Gasteiger partial charge >= 0.3 is 12.1 Å². The van der Waals surface area contributed by atoms with Crippen molar-refractivity contribution in [3.63, 3.8) is 0 Å². The fourth-order valence-corrected chi connectivity index (χ4v) is 6.32. The van der Waals surface area contributed by atoms with Crippen LogP contribution in [0, 0.1) is 5.92 Å². The number of carbonyl (C=O) groups excluding carboxylic acids is 1. The van der Waals surface area contributed by atoms with Gasteiger partial charge in [0, 0.05) is 13.2 Å². The first-order valence-corrected chi connectivity index (χ1v) is 13.3. The predicted molar refractivity (Wildman–Crippen MR) is 130 cm³/mol. The lowest BCUT2D eigenvalue weighted by molar-refractivity contribution is -0.137. The van der Waals surface area contributed by atoms with E-state index >= 15 is 0 Å². The number of sulfonamides is 1. The van der Waals surface area contributed by atoms with Crippen LogP contribution >= 0.6 is 0 Å². The number of methoxy groups -OCH3 is 1. The zero-order valence-corrected chi connectivity index (χ0v) is 21.1. The highest BCUT2D eigenvalue weighted by Crippen LogP contribution is 2.40. The number of carbonyl (C=O) groups is 1. The number of rotatable bonds is 7. The summed E-state index contributed by atoms with van der Waals surface area (Å²) in [7, 11) is -3.12. The SMILES string of the molecule is C=C[C@H]1CCc2cc(C(F)(F)F)ccc2N1S(=O)(=O)c1ccc(OCC2CCOCC2)c(C(=O)OC)c1. The second kappa shape index (κ2) is 10.7. The molecule has 37 heavy (non-hydrogen) atoms. The normalized spacial score (nSPS) is 18.7. The zero-order chi connectivity index (χ0) is 26.8. The van der Waals surface area contributed by atoms with Crippen LogP contribution in [0.2, 0.25) is 0 Å². The van der Waals surface area contributed by atoms with Crippen LogP contribution in [0.4, 0.5) is 18.9 Å². The molecule has 0 N–H and O–H groups in total. The summed E-state index contributed by atoms with van der Waals surface area (Å²) in [6.07, 6.45) is -0.961. The number of alkyl halides is 3. The van der Waals surface area contributed by atoms with Crippen LogP contribution in [-0.2, 0) is 32.1 Å². The molecule has 11 heteroatoms. The second-order valence-corrected chi connectivity index (χ2v) is 10.8. The fraction of sp³-hybridized carbons (Fsp3) is 0.423. The number of fused-ring (bicyclic) bond motifs is 1. The quantitative estimate of drug-likeness (QED) is 0.364. The van der Waals surface area contributed by atoms with E-state index in [9.17, 15) is 26.4 Å². The Balaban J connectivity index is 1.71. The molecule has 0 aromatic heterocycles. The number of hydrogen-bond acceptors (Lipinski definition) is 6. The van der Waals surface area contributed by atoms with Gasteiger partial charge in [0.05, 0.1) is 35.9 Å². The van der Waals surface area contributed by atoms with Crippen molar-refractivity contribution in [1.29, 1.82) is 0 Å². The van der Waals surface area contributed by atoms with Crippen molar-refractivity contribution >= 4 is 21.7 Å². The van der Waals surface area contributed by atoms with Crippen LogP contribution in [0.1, 0.15) is 40.7 Å². The van der Waals surface area contributed by atoms with Crippen LogP contribution in [0.15, 0.2) is 53.9 Å². The molecule has 2 aliphatic rings. The lowest BCUT2D eigenvalue weighted by Gasteiger charge is -2.36. The lowest BCUT2D eigenvalue weighted by Crippen LogP contribution is -2.42. The van der Waals surface area contributed by atoms with Gasteiger partial charge in [-0.1, -0.05) is 6.08 Å². The average molecular weight is 540 g/mol. The third kappa shape index (κ3) is 5.62. The molecular weight excluding hydrogens is 511 g/mol. The monoisotopic (exact) mass is 539 g/mol. The van der Waals surface area contributed by atoms with E-state index in [0.717, 1.165) is 35.3 Å². The Hall–Kier alpha value is -3.05. The van der Waals surface area contributed by atoms with Gasteiger partial charge in [-0.3, -0.25) is 4.31 Å². The molecule has 2 heterocycles. The van der Waals surface area contributed by atoms with Crippen molar-refractivity contribution < 1.29 is 40.6 Å². The number of nitrogens with zero attached hydrogens (tertiary/aromatic N) is 1. The predicted octanol–water partition coefficient (Wildman–Crippen LogP) is 4.99.